The van der Waals surface area contributed by atoms with Crippen LogP contribution in [0.4, 0.5) is 0 Å². The maximum absolute atomic E-state index is 11.2. The largest absolute Gasteiger partial charge is 0.461 e. The van der Waals surface area contributed by atoms with Crippen molar-refractivity contribution in [2.45, 2.75) is 35.9 Å². The van der Waals surface area contributed by atoms with Crippen LogP contribution in [0.25, 0.3) is 0 Å². The molecule has 17 heavy (non-hydrogen) atoms. The molecule has 0 atom stereocenters. The summed E-state index contributed by atoms with van der Waals surface area (Å²) in [6.45, 7) is -0.190. The first-order valence-corrected chi connectivity index (χ1v) is 7.64. The number of ether oxygens (including phenoxy) is 1. The third kappa shape index (κ3) is 14.5. The molecule has 0 amide bonds. The zero-order chi connectivity index (χ0) is 13.1. The van der Waals surface area contributed by atoms with E-state index >= 15 is 0 Å². The molecule has 0 aromatic rings. The summed E-state index contributed by atoms with van der Waals surface area (Å²) in [7, 11) is 0. The van der Waals surface area contributed by atoms with Crippen molar-refractivity contribution < 1.29 is 9.53 Å². The van der Waals surface area contributed by atoms with Gasteiger partial charge in [0.1, 0.15) is 6.61 Å². The Balaban J connectivity index is 3.37. The van der Waals surface area contributed by atoms with Gasteiger partial charge < -0.3 is 4.74 Å². The Bertz CT molecular complexity index is 239. The Hall–Kier alpha value is 0.560. The molecule has 0 radical (unpaired) electrons. The molecule has 0 fully saturated rings. The van der Waals surface area contributed by atoms with Crippen molar-refractivity contribution in [1.29, 1.82) is 0 Å². The highest BCUT2D eigenvalue weighted by molar-refractivity contribution is 9.09. The predicted octanol–water partition coefficient (Wildman–Crippen LogP) is 4.80. The van der Waals surface area contributed by atoms with Gasteiger partial charge in [-0.15, -0.1) is 0 Å². The summed E-state index contributed by atoms with van der Waals surface area (Å²) in [6.07, 6.45) is 8.47. The molecule has 0 saturated carbocycles. The Morgan fingerprint density at radius 1 is 1.18 bits per heavy atom. The number of rotatable bonds is 8. The highest BCUT2D eigenvalue weighted by atomic mass is 79.9. The van der Waals surface area contributed by atoms with Gasteiger partial charge in [0, 0.05) is 11.8 Å². The Morgan fingerprint density at radius 2 is 1.88 bits per heavy atom. The molecule has 0 unspecified atom stereocenters. The van der Waals surface area contributed by atoms with Gasteiger partial charge in [-0.25, -0.2) is 0 Å². The molecule has 2 nitrogen and oxygen atoms in total. The van der Waals surface area contributed by atoms with Crippen molar-refractivity contribution in [3.05, 3.63) is 12.2 Å². The second kappa shape index (κ2) is 10.5. The summed E-state index contributed by atoms with van der Waals surface area (Å²) in [5, 5.41) is 0.885. The quantitative estimate of drug-likeness (QED) is 0.267. The standard InChI is InChI=1S/C11H16BrCl3O2/c12-8-6-4-2-1-3-5-7-10(16)17-9-11(13,14)15/h4,6H,1-3,5,7-9H2/b6-4-. The topological polar surface area (TPSA) is 26.3 Å². The van der Waals surface area contributed by atoms with E-state index in [0.29, 0.717) is 6.42 Å². The number of allylic oxidation sites excluding steroid dienone is 2. The van der Waals surface area contributed by atoms with Crippen molar-refractivity contribution in [3.63, 3.8) is 0 Å². The molecular formula is C11H16BrCl3O2. The van der Waals surface area contributed by atoms with E-state index in [1.807, 2.05) is 0 Å². The van der Waals surface area contributed by atoms with Crippen LogP contribution in [0.3, 0.4) is 0 Å². The lowest BCUT2D eigenvalue weighted by Crippen LogP contribution is -2.16. The van der Waals surface area contributed by atoms with Crippen LogP contribution in [0.2, 0.25) is 0 Å². The van der Waals surface area contributed by atoms with Crippen molar-refractivity contribution >= 4 is 56.7 Å². The van der Waals surface area contributed by atoms with Crippen molar-refractivity contribution in [1.82, 2.24) is 0 Å². The van der Waals surface area contributed by atoms with E-state index in [0.717, 1.165) is 31.0 Å². The summed E-state index contributed by atoms with van der Waals surface area (Å²) in [5.74, 6) is -0.313. The number of alkyl halides is 4. The summed E-state index contributed by atoms with van der Waals surface area (Å²) in [6, 6.07) is 0. The third-order valence-corrected chi connectivity index (χ3v) is 2.61. The molecular weight excluding hydrogens is 350 g/mol. The highest BCUT2D eigenvalue weighted by Gasteiger charge is 2.21. The summed E-state index contributed by atoms with van der Waals surface area (Å²) in [5.41, 5.74) is 0. The van der Waals surface area contributed by atoms with Crippen LogP contribution >= 0.6 is 50.7 Å². The zero-order valence-corrected chi connectivity index (χ0v) is 13.3. The number of esters is 1. The molecule has 0 saturated heterocycles. The number of halogens is 4. The van der Waals surface area contributed by atoms with Gasteiger partial charge in [-0.2, -0.15) is 0 Å². The SMILES string of the molecule is O=C(CCCCC/C=C\CBr)OCC(Cl)(Cl)Cl. The lowest BCUT2D eigenvalue weighted by Gasteiger charge is -2.10. The molecule has 0 aliphatic carbocycles. The highest BCUT2D eigenvalue weighted by Crippen LogP contribution is 2.26. The van der Waals surface area contributed by atoms with Gasteiger partial charge in [-0.3, -0.25) is 4.79 Å². The second-order valence-electron chi connectivity index (χ2n) is 3.50. The van der Waals surface area contributed by atoms with E-state index in [2.05, 4.69) is 28.1 Å². The maximum atomic E-state index is 11.2. The fourth-order valence-corrected chi connectivity index (χ4v) is 1.55. The lowest BCUT2D eigenvalue weighted by molar-refractivity contribution is -0.143. The number of carbonyl (C=O) groups excluding carboxylic acids is 1. The summed E-state index contributed by atoms with van der Waals surface area (Å²) >= 11 is 19.7. The Morgan fingerprint density at radius 3 is 2.47 bits per heavy atom. The molecule has 100 valence electrons. The Labute approximate surface area is 126 Å². The molecule has 6 heteroatoms. The van der Waals surface area contributed by atoms with E-state index in [1.165, 1.54) is 0 Å². The fraction of sp³-hybridized carbons (Fsp3) is 0.727. The molecule has 0 aliphatic heterocycles. The molecule has 0 aromatic carbocycles. The number of unbranched alkanes of at least 4 members (excludes halogenated alkanes) is 3. The van der Waals surface area contributed by atoms with E-state index < -0.39 is 3.79 Å². The minimum Gasteiger partial charge on any atom is -0.461 e. The molecule has 0 heterocycles. The number of hydrogen-bond acceptors (Lipinski definition) is 2. The van der Waals surface area contributed by atoms with Gasteiger partial charge in [0.25, 0.3) is 0 Å². The minimum atomic E-state index is -1.52. The lowest BCUT2D eigenvalue weighted by atomic mass is 10.1. The minimum absolute atomic E-state index is 0.190. The zero-order valence-electron chi connectivity index (χ0n) is 9.43. The summed E-state index contributed by atoms with van der Waals surface area (Å²) < 4.78 is 3.28. The third-order valence-electron chi connectivity index (χ3n) is 1.90. The summed E-state index contributed by atoms with van der Waals surface area (Å²) in [4.78, 5) is 11.2. The van der Waals surface area contributed by atoms with Crippen LogP contribution in [0.15, 0.2) is 12.2 Å². The monoisotopic (exact) mass is 364 g/mol. The van der Waals surface area contributed by atoms with Crippen molar-refractivity contribution in [2.75, 3.05) is 11.9 Å². The molecule has 0 rings (SSSR count). The average Bonchev–Trinajstić information content (AvgIpc) is 2.24. The fourth-order valence-electron chi connectivity index (χ4n) is 1.12. The molecule has 0 spiro atoms. The molecule has 0 aromatic heterocycles. The number of carbonyl (C=O) groups is 1. The molecule has 0 N–H and O–H groups in total. The van der Waals surface area contributed by atoms with Crippen molar-refractivity contribution in [3.8, 4) is 0 Å². The molecule has 0 bridgehead atoms. The van der Waals surface area contributed by atoms with E-state index in [-0.39, 0.29) is 12.6 Å². The Kier molecular flexibility index (Phi) is 10.8. The first kappa shape index (κ1) is 17.6. The van der Waals surface area contributed by atoms with Gasteiger partial charge in [0.2, 0.25) is 3.79 Å². The van der Waals surface area contributed by atoms with E-state index in [4.69, 9.17) is 39.5 Å². The van der Waals surface area contributed by atoms with Crippen LogP contribution < -0.4 is 0 Å². The van der Waals surface area contributed by atoms with Crippen molar-refractivity contribution in [2.24, 2.45) is 0 Å². The van der Waals surface area contributed by atoms with Crippen LogP contribution in [0, 0.1) is 0 Å². The van der Waals surface area contributed by atoms with E-state index in [9.17, 15) is 4.79 Å². The van der Waals surface area contributed by atoms with Gasteiger partial charge >= 0.3 is 5.97 Å². The van der Waals surface area contributed by atoms with Crippen LogP contribution in [-0.4, -0.2) is 21.7 Å². The van der Waals surface area contributed by atoms with Gasteiger partial charge in [0.15, 0.2) is 0 Å². The second-order valence-corrected chi connectivity index (χ2v) is 6.66. The average molecular weight is 367 g/mol. The van der Waals surface area contributed by atoms with Crippen LogP contribution in [-0.2, 0) is 9.53 Å². The normalized spacial score (nSPS) is 12.0. The van der Waals surface area contributed by atoms with Gasteiger partial charge in [0.05, 0.1) is 0 Å². The first-order valence-electron chi connectivity index (χ1n) is 5.39. The van der Waals surface area contributed by atoms with Crippen LogP contribution in [0.5, 0.6) is 0 Å². The van der Waals surface area contributed by atoms with Crippen LogP contribution in [0.1, 0.15) is 32.1 Å². The first-order chi connectivity index (χ1) is 7.95. The number of hydrogen-bond donors (Lipinski definition) is 0. The predicted molar refractivity (Wildman–Crippen MR) is 77.3 cm³/mol. The van der Waals surface area contributed by atoms with Gasteiger partial charge in [-0.05, 0) is 19.3 Å². The smallest absolute Gasteiger partial charge is 0.305 e. The molecule has 0 aliphatic rings. The maximum Gasteiger partial charge on any atom is 0.305 e. The van der Waals surface area contributed by atoms with Gasteiger partial charge in [-0.1, -0.05) is 69.3 Å². The van der Waals surface area contributed by atoms with E-state index in [1.54, 1.807) is 0 Å².